The fraction of sp³-hybridized carbons (Fsp3) is 0.227. The van der Waals surface area contributed by atoms with Crippen molar-refractivity contribution in [2.45, 2.75) is 32.7 Å². The second kappa shape index (κ2) is 8.08. The number of hydrogen-bond acceptors (Lipinski definition) is 8. The van der Waals surface area contributed by atoms with E-state index in [1.807, 2.05) is 13.8 Å². The maximum Gasteiger partial charge on any atom is 0.263 e. The van der Waals surface area contributed by atoms with Gasteiger partial charge in [0.2, 0.25) is 10.9 Å². The van der Waals surface area contributed by atoms with Crippen LogP contribution in [0.1, 0.15) is 47.4 Å². The predicted octanol–water partition coefficient (Wildman–Crippen LogP) is 0.552. The Kier molecular flexibility index (Phi) is 5.43. The summed E-state index contributed by atoms with van der Waals surface area (Å²) in [7, 11) is 0. The molecule has 4 rings (SSSR count). The molecule has 1 aliphatic heterocycles. The summed E-state index contributed by atoms with van der Waals surface area (Å²) in [5.41, 5.74) is 1.68. The van der Waals surface area contributed by atoms with Gasteiger partial charge in [-0.2, -0.15) is 10.3 Å². The first-order chi connectivity index (χ1) is 15.3. The Hall–Kier alpha value is -3.73. The first-order valence-electron chi connectivity index (χ1n) is 10.1. The molecule has 1 aliphatic rings. The number of hydrogen-bond donors (Lipinski definition) is 3. The number of benzene rings is 2. The second-order valence-electron chi connectivity index (χ2n) is 7.47. The summed E-state index contributed by atoms with van der Waals surface area (Å²) in [4.78, 5) is 52.3. The highest BCUT2D eigenvalue weighted by Crippen LogP contribution is 2.31. The Morgan fingerprint density at radius 2 is 1.72 bits per heavy atom. The molecule has 1 atom stereocenters. The third kappa shape index (κ3) is 3.21. The van der Waals surface area contributed by atoms with Gasteiger partial charge in [-0.25, -0.2) is 5.21 Å². The molecule has 0 aliphatic carbocycles. The molecular weight excluding hydrogens is 416 g/mol. The number of quaternary nitrogens is 1. The number of amides is 2. The van der Waals surface area contributed by atoms with Crippen molar-refractivity contribution in [1.29, 1.82) is 0 Å². The van der Waals surface area contributed by atoms with Gasteiger partial charge < -0.3 is 5.21 Å². The molecule has 0 spiro atoms. The van der Waals surface area contributed by atoms with E-state index in [2.05, 4.69) is 10.5 Å². The van der Waals surface area contributed by atoms with Gasteiger partial charge in [0.1, 0.15) is 0 Å². The van der Waals surface area contributed by atoms with E-state index in [-0.39, 0.29) is 39.3 Å². The summed E-state index contributed by atoms with van der Waals surface area (Å²) in [5, 5.41) is 22.6. The second-order valence-corrected chi connectivity index (χ2v) is 7.47. The number of imide groups is 1. The minimum atomic E-state index is -1.22. The molecule has 10 heteroatoms. The van der Waals surface area contributed by atoms with Gasteiger partial charge in [-0.15, -0.1) is 0 Å². The van der Waals surface area contributed by atoms with Crippen molar-refractivity contribution in [2.75, 3.05) is 5.43 Å². The molecule has 32 heavy (non-hydrogen) atoms. The van der Waals surface area contributed by atoms with Gasteiger partial charge in [-0.1, -0.05) is 19.9 Å². The molecule has 10 nitrogen and oxygen atoms in total. The maximum atomic E-state index is 13.0. The summed E-state index contributed by atoms with van der Waals surface area (Å²) >= 11 is 0. The van der Waals surface area contributed by atoms with Crippen LogP contribution in [0.25, 0.3) is 10.8 Å². The van der Waals surface area contributed by atoms with Gasteiger partial charge in [-0.05, 0) is 31.0 Å². The monoisotopic (exact) mass is 436 g/mol. The fourth-order valence-electron chi connectivity index (χ4n) is 4.02. The lowest BCUT2D eigenvalue weighted by Gasteiger charge is -2.23. The van der Waals surface area contributed by atoms with E-state index in [9.17, 15) is 24.4 Å². The van der Waals surface area contributed by atoms with E-state index in [1.54, 1.807) is 12.1 Å². The van der Waals surface area contributed by atoms with Crippen LogP contribution in [0.3, 0.4) is 0 Å². The van der Waals surface area contributed by atoms with Crippen LogP contribution in [-0.2, 0) is 0 Å². The predicted molar refractivity (Wildman–Crippen MR) is 115 cm³/mol. The molecule has 3 aromatic rings. The van der Waals surface area contributed by atoms with Crippen LogP contribution < -0.4 is 26.9 Å². The summed E-state index contributed by atoms with van der Waals surface area (Å²) in [6, 6.07) is 8.07. The van der Waals surface area contributed by atoms with Crippen molar-refractivity contribution in [3.05, 3.63) is 78.5 Å². The molecule has 0 saturated heterocycles. The number of nitrogens with one attached hydrogen (secondary N) is 2. The van der Waals surface area contributed by atoms with Gasteiger partial charge in [0.15, 0.2) is 11.0 Å². The number of carbonyl (C=O) groups excluding carboxylic acids is 2. The van der Waals surface area contributed by atoms with Crippen LogP contribution in [-0.4, -0.2) is 28.0 Å². The van der Waals surface area contributed by atoms with Gasteiger partial charge in [0.25, 0.3) is 11.8 Å². The highest BCUT2D eigenvalue weighted by atomic mass is 16.8. The van der Waals surface area contributed by atoms with Crippen molar-refractivity contribution in [1.82, 2.24) is 4.90 Å². The lowest BCUT2D eigenvalue weighted by molar-refractivity contribution is -0.991. The average molecular weight is 436 g/mol. The van der Waals surface area contributed by atoms with Crippen molar-refractivity contribution < 1.29 is 20.0 Å². The number of carbonyl (C=O) groups is 2. The third-order valence-electron chi connectivity index (χ3n) is 5.73. The topological polar surface area (TPSA) is 144 Å². The Morgan fingerprint density at radius 1 is 1.03 bits per heavy atom. The van der Waals surface area contributed by atoms with E-state index >= 15 is 0 Å². The lowest BCUT2D eigenvalue weighted by atomic mass is 10.1. The van der Waals surface area contributed by atoms with Gasteiger partial charge in [-0.3, -0.25) is 29.5 Å². The number of fused-ring (bicyclic) bond motifs is 2. The SMILES string of the molecule is CCC(CC)N1C(=O)c2cccc(NN=c3c(=O)c4ccc([NH+]([O-])O)cc4c3=O)c2C1=O. The fourth-order valence-corrected chi connectivity index (χ4v) is 4.02. The third-order valence-corrected chi connectivity index (χ3v) is 5.73. The number of anilines is 1. The minimum absolute atomic E-state index is 0.0418. The molecule has 0 radical (unpaired) electrons. The smallest absolute Gasteiger partial charge is 0.263 e. The van der Waals surface area contributed by atoms with Crippen LogP contribution >= 0.6 is 0 Å². The first-order valence-corrected chi connectivity index (χ1v) is 10.1. The molecule has 3 aromatic carbocycles. The van der Waals surface area contributed by atoms with Crippen molar-refractivity contribution in [3.63, 3.8) is 0 Å². The Morgan fingerprint density at radius 3 is 2.38 bits per heavy atom. The van der Waals surface area contributed by atoms with Gasteiger partial charge in [0.05, 0.1) is 16.8 Å². The van der Waals surface area contributed by atoms with E-state index < -0.39 is 33.3 Å². The first kappa shape index (κ1) is 21.5. The molecule has 1 unspecified atom stereocenters. The zero-order valence-corrected chi connectivity index (χ0v) is 17.3. The van der Waals surface area contributed by atoms with Gasteiger partial charge in [0, 0.05) is 28.9 Å². The van der Waals surface area contributed by atoms with E-state index in [0.29, 0.717) is 12.8 Å². The quantitative estimate of drug-likeness (QED) is 0.378. The largest absolute Gasteiger partial charge is 0.595 e. The van der Waals surface area contributed by atoms with Crippen molar-refractivity contribution in [2.24, 2.45) is 5.10 Å². The molecule has 164 valence electrons. The highest BCUT2D eigenvalue weighted by Gasteiger charge is 2.40. The summed E-state index contributed by atoms with van der Waals surface area (Å²) in [6.45, 7) is 3.79. The van der Waals surface area contributed by atoms with Crippen LogP contribution in [0.2, 0.25) is 0 Å². The van der Waals surface area contributed by atoms with Crippen LogP contribution in [0.4, 0.5) is 11.4 Å². The van der Waals surface area contributed by atoms with Crippen molar-refractivity contribution in [3.8, 4) is 0 Å². The molecule has 3 N–H and O–H groups in total. The Bertz CT molecular complexity index is 1400. The highest BCUT2D eigenvalue weighted by molar-refractivity contribution is 6.23. The molecule has 1 heterocycles. The number of nitrogens with zero attached hydrogens (tertiary/aromatic N) is 2. The zero-order valence-electron chi connectivity index (χ0n) is 17.3. The van der Waals surface area contributed by atoms with Crippen molar-refractivity contribution >= 4 is 34.0 Å². The van der Waals surface area contributed by atoms with Crippen LogP contribution in [0, 0.1) is 5.21 Å². The summed E-state index contributed by atoms with van der Waals surface area (Å²) < 4.78 is 0. The standard InChI is InChI=1S/C22H20N4O6/c1-3-11(4-2)25-21(29)14-6-5-7-16(17(14)22(25)30)23-24-18-19(27)13-9-8-12(26(31)32)10-15(13)20(18)28/h5-11,23,26,31H,3-4H2,1-2H3. The maximum absolute atomic E-state index is 13.0. The molecule has 0 saturated carbocycles. The summed E-state index contributed by atoms with van der Waals surface area (Å²) in [5.74, 6) is -0.850. The van der Waals surface area contributed by atoms with E-state index in [1.165, 1.54) is 23.1 Å². The number of rotatable bonds is 6. The van der Waals surface area contributed by atoms with Crippen LogP contribution in [0.15, 0.2) is 51.1 Å². The minimum Gasteiger partial charge on any atom is -0.595 e. The molecule has 2 amide bonds. The van der Waals surface area contributed by atoms with E-state index in [0.717, 1.165) is 6.07 Å². The zero-order chi connectivity index (χ0) is 23.2. The molecular formula is C22H20N4O6. The Labute approximate surface area is 181 Å². The average Bonchev–Trinajstić information content (AvgIpc) is 3.18. The Balaban J connectivity index is 1.78. The molecule has 0 bridgehead atoms. The van der Waals surface area contributed by atoms with Gasteiger partial charge >= 0.3 is 0 Å². The molecule has 0 aromatic heterocycles. The summed E-state index contributed by atoms with van der Waals surface area (Å²) in [6.07, 6.45) is 1.24. The van der Waals surface area contributed by atoms with Crippen LogP contribution in [0.5, 0.6) is 0 Å². The normalized spacial score (nSPS) is 15.2. The lowest BCUT2D eigenvalue weighted by Crippen LogP contribution is -2.99. The molecule has 0 fully saturated rings. The van der Waals surface area contributed by atoms with E-state index in [4.69, 9.17) is 5.21 Å².